The minimum atomic E-state index is 0.0896. The first-order valence-electron chi connectivity index (χ1n) is 6.37. The monoisotopic (exact) mass is 235 g/mol. The maximum Gasteiger partial charge on any atom is 0.126 e. The van der Waals surface area contributed by atoms with Gasteiger partial charge in [-0.05, 0) is 30.7 Å². The highest BCUT2D eigenvalue weighted by atomic mass is 15.0. The van der Waals surface area contributed by atoms with Crippen LogP contribution in [0.15, 0.2) is 12.1 Å². The first-order chi connectivity index (χ1) is 7.97. The second-order valence-corrected chi connectivity index (χ2v) is 5.42. The predicted octanol–water partition coefficient (Wildman–Crippen LogP) is 2.92. The zero-order chi connectivity index (χ0) is 12.9. The van der Waals surface area contributed by atoms with Gasteiger partial charge in [0.15, 0.2) is 0 Å². The summed E-state index contributed by atoms with van der Waals surface area (Å²) >= 11 is 0. The lowest BCUT2D eigenvalue weighted by Gasteiger charge is -2.20. The van der Waals surface area contributed by atoms with Gasteiger partial charge in [-0.1, -0.05) is 27.7 Å². The molecule has 3 heteroatoms. The Morgan fingerprint density at radius 1 is 1.24 bits per heavy atom. The fourth-order valence-corrected chi connectivity index (χ4v) is 1.61. The second-order valence-electron chi connectivity index (χ2n) is 5.42. The maximum atomic E-state index is 4.61. The van der Waals surface area contributed by atoms with Gasteiger partial charge in [-0.2, -0.15) is 0 Å². The first-order valence-corrected chi connectivity index (χ1v) is 6.37. The van der Waals surface area contributed by atoms with E-state index in [1.807, 2.05) is 7.05 Å². The van der Waals surface area contributed by atoms with Crippen LogP contribution in [0.25, 0.3) is 0 Å². The van der Waals surface area contributed by atoms with Crippen molar-refractivity contribution in [2.24, 2.45) is 0 Å². The molecule has 3 nitrogen and oxygen atoms in total. The van der Waals surface area contributed by atoms with Crippen molar-refractivity contribution in [3.8, 4) is 0 Å². The first kappa shape index (κ1) is 14.0. The summed E-state index contributed by atoms with van der Waals surface area (Å²) < 4.78 is 0. The molecule has 2 N–H and O–H groups in total. The average Bonchev–Trinajstić information content (AvgIpc) is 2.28. The molecule has 0 saturated heterocycles. The van der Waals surface area contributed by atoms with Crippen LogP contribution in [0, 0.1) is 0 Å². The Balaban J connectivity index is 2.89. The van der Waals surface area contributed by atoms with Gasteiger partial charge in [0.25, 0.3) is 0 Å². The van der Waals surface area contributed by atoms with Gasteiger partial charge in [-0.15, -0.1) is 0 Å². The van der Waals surface area contributed by atoms with E-state index in [1.165, 1.54) is 5.56 Å². The number of nitrogens with one attached hydrogen (secondary N) is 2. The van der Waals surface area contributed by atoms with E-state index in [0.29, 0.717) is 0 Å². The highest BCUT2D eigenvalue weighted by Crippen LogP contribution is 2.23. The van der Waals surface area contributed by atoms with Gasteiger partial charge in [-0.25, -0.2) is 4.98 Å². The lowest BCUT2D eigenvalue weighted by Crippen LogP contribution is -2.18. The number of pyridine rings is 1. The number of rotatable bonds is 5. The summed E-state index contributed by atoms with van der Waals surface area (Å²) in [5, 5.41) is 6.56. The topological polar surface area (TPSA) is 37.0 Å². The van der Waals surface area contributed by atoms with Gasteiger partial charge in [0, 0.05) is 24.7 Å². The Kier molecular flexibility index (Phi) is 4.94. The Morgan fingerprint density at radius 2 is 1.94 bits per heavy atom. The van der Waals surface area contributed by atoms with Crippen molar-refractivity contribution in [1.82, 2.24) is 10.3 Å². The van der Waals surface area contributed by atoms with Crippen LogP contribution in [0.5, 0.6) is 0 Å². The fraction of sp³-hybridized carbons (Fsp3) is 0.643. The molecule has 0 aliphatic heterocycles. The molecular formula is C14H25N3. The van der Waals surface area contributed by atoms with Gasteiger partial charge in [-0.3, -0.25) is 0 Å². The standard InChI is InChI=1S/C14H25N3/c1-6-7-16-10-11-8-12(14(2,3)4)17-13(9-11)15-5/h8-9,16H,6-7,10H2,1-5H3,(H,15,17). The molecule has 1 rings (SSSR count). The summed E-state index contributed by atoms with van der Waals surface area (Å²) in [7, 11) is 1.91. The summed E-state index contributed by atoms with van der Waals surface area (Å²) in [4.78, 5) is 4.61. The van der Waals surface area contributed by atoms with Crippen molar-refractivity contribution >= 4 is 5.82 Å². The predicted molar refractivity (Wildman–Crippen MR) is 74.5 cm³/mol. The molecule has 0 radical (unpaired) electrons. The molecule has 0 amide bonds. The molecule has 0 spiro atoms. The zero-order valence-electron chi connectivity index (χ0n) is 11.7. The molecule has 0 aliphatic rings. The molecule has 1 aromatic heterocycles. The normalized spacial score (nSPS) is 11.6. The lowest BCUT2D eigenvalue weighted by molar-refractivity contribution is 0.567. The molecule has 0 aromatic carbocycles. The van der Waals surface area contributed by atoms with Crippen molar-refractivity contribution in [1.29, 1.82) is 0 Å². The van der Waals surface area contributed by atoms with Crippen LogP contribution < -0.4 is 10.6 Å². The molecule has 96 valence electrons. The summed E-state index contributed by atoms with van der Waals surface area (Å²) in [5.41, 5.74) is 2.52. The van der Waals surface area contributed by atoms with E-state index in [4.69, 9.17) is 0 Å². The molecule has 1 heterocycles. The largest absolute Gasteiger partial charge is 0.373 e. The third-order valence-electron chi connectivity index (χ3n) is 2.67. The average molecular weight is 235 g/mol. The van der Waals surface area contributed by atoms with Gasteiger partial charge in [0.05, 0.1) is 0 Å². The van der Waals surface area contributed by atoms with Gasteiger partial charge in [0.1, 0.15) is 5.82 Å². The molecular weight excluding hydrogens is 210 g/mol. The Bertz CT molecular complexity index is 353. The summed E-state index contributed by atoms with van der Waals surface area (Å²) in [6.45, 7) is 10.7. The van der Waals surface area contributed by atoms with Crippen LogP contribution in [0.2, 0.25) is 0 Å². The Hall–Kier alpha value is -1.09. The SMILES string of the molecule is CCCNCc1cc(NC)nc(C(C)(C)C)c1. The third kappa shape index (κ3) is 4.35. The van der Waals surface area contributed by atoms with E-state index in [1.54, 1.807) is 0 Å². The summed E-state index contributed by atoms with van der Waals surface area (Å²) in [6, 6.07) is 4.31. The highest BCUT2D eigenvalue weighted by molar-refractivity contribution is 5.40. The van der Waals surface area contributed by atoms with Gasteiger partial charge < -0.3 is 10.6 Å². The number of aromatic nitrogens is 1. The van der Waals surface area contributed by atoms with Crippen molar-refractivity contribution < 1.29 is 0 Å². The highest BCUT2D eigenvalue weighted by Gasteiger charge is 2.16. The van der Waals surface area contributed by atoms with Crippen molar-refractivity contribution in [3.05, 3.63) is 23.4 Å². The van der Waals surface area contributed by atoms with E-state index in [2.05, 4.69) is 55.4 Å². The number of hydrogen-bond donors (Lipinski definition) is 2. The molecule has 0 atom stereocenters. The minimum Gasteiger partial charge on any atom is -0.373 e. The van der Waals surface area contributed by atoms with Crippen molar-refractivity contribution in [2.45, 2.75) is 46.1 Å². The minimum absolute atomic E-state index is 0.0896. The van der Waals surface area contributed by atoms with E-state index in [9.17, 15) is 0 Å². The van der Waals surface area contributed by atoms with E-state index < -0.39 is 0 Å². The Labute approximate surface area is 105 Å². The van der Waals surface area contributed by atoms with Crippen LogP contribution in [0.1, 0.15) is 45.4 Å². The van der Waals surface area contributed by atoms with Crippen LogP contribution in [-0.4, -0.2) is 18.6 Å². The molecule has 0 saturated carbocycles. The van der Waals surface area contributed by atoms with E-state index in [0.717, 1.165) is 31.0 Å². The van der Waals surface area contributed by atoms with E-state index in [-0.39, 0.29) is 5.41 Å². The molecule has 17 heavy (non-hydrogen) atoms. The smallest absolute Gasteiger partial charge is 0.126 e. The van der Waals surface area contributed by atoms with Crippen LogP contribution in [0.3, 0.4) is 0 Å². The molecule has 0 bridgehead atoms. The second kappa shape index (κ2) is 6.01. The number of nitrogens with zero attached hydrogens (tertiary/aromatic N) is 1. The molecule has 0 unspecified atom stereocenters. The van der Waals surface area contributed by atoms with Crippen LogP contribution in [-0.2, 0) is 12.0 Å². The lowest BCUT2D eigenvalue weighted by atomic mass is 9.90. The Morgan fingerprint density at radius 3 is 2.47 bits per heavy atom. The quantitative estimate of drug-likeness (QED) is 0.771. The number of hydrogen-bond acceptors (Lipinski definition) is 3. The van der Waals surface area contributed by atoms with E-state index >= 15 is 0 Å². The van der Waals surface area contributed by atoms with Crippen molar-refractivity contribution in [3.63, 3.8) is 0 Å². The third-order valence-corrected chi connectivity index (χ3v) is 2.67. The maximum absolute atomic E-state index is 4.61. The number of anilines is 1. The zero-order valence-corrected chi connectivity index (χ0v) is 11.7. The fourth-order valence-electron chi connectivity index (χ4n) is 1.61. The van der Waals surface area contributed by atoms with Crippen LogP contribution in [0.4, 0.5) is 5.82 Å². The van der Waals surface area contributed by atoms with Gasteiger partial charge in [0.2, 0.25) is 0 Å². The van der Waals surface area contributed by atoms with Gasteiger partial charge >= 0.3 is 0 Å². The van der Waals surface area contributed by atoms with Crippen molar-refractivity contribution in [2.75, 3.05) is 18.9 Å². The molecule has 0 fully saturated rings. The summed E-state index contributed by atoms with van der Waals surface area (Å²) in [5.74, 6) is 0.950. The van der Waals surface area contributed by atoms with Crippen LogP contribution >= 0.6 is 0 Å². The molecule has 1 aromatic rings. The molecule has 0 aliphatic carbocycles. The summed E-state index contributed by atoms with van der Waals surface area (Å²) in [6.07, 6.45) is 1.16.